The van der Waals surface area contributed by atoms with Gasteiger partial charge in [-0.3, -0.25) is 0 Å². The number of aromatic nitrogens is 1. The molecule has 0 saturated heterocycles. The van der Waals surface area contributed by atoms with Crippen molar-refractivity contribution >= 4 is 29.2 Å². The van der Waals surface area contributed by atoms with Crippen LogP contribution in [0.4, 0.5) is 0 Å². The van der Waals surface area contributed by atoms with Crippen LogP contribution >= 0.6 is 23.2 Å². The molecule has 0 unspecified atom stereocenters. The fraction of sp³-hybridized carbons (Fsp3) is 0.500. The van der Waals surface area contributed by atoms with Gasteiger partial charge in [0.15, 0.2) is 5.96 Å². The summed E-state index contributed by atoms with van der Waals surface area (Å²) in [7, 11) is 7.77. The summed E-state index contributed by atoms with van der Waals surface area (Å²) in [5.41, 5.74) is 0. The van der Waals surface area contributed by atoms with Crippen LogP contribution in [0.3, 0.4) is 0 Å². The predicted molar refractivity (Wildman–Crippen MR) is 79.4 cm³/mol. The van der Waals surface area contributed by atoms with E-state index in [9.17, 15) is 0 Å². The van der Waals surface area contributed by atoms with Gasteiger partial charge in [0.2, 0.25) is 5.88 Å². The fourth-order valence-electron chi connectivity index (χ4n) is 1.48. The molecule has 0 N–H and O–H groups in total. The molecule has 0 spiro atoms. The Morgan fingerprint density at radius 2 is 1.89 bits per heavy atom. The molecule has 0 amide bonds. The van der Waals surface area contributed by atoms with E-state index in [2.05, 4.69) is 9.98 Å². The first-order valence-corrected chi connectivity index (χ1v) is 6.50. The van der Waals surface area contributed by atoms with Gasteiger partial charge in [0.25, 0.3) is 0 Å². The van der Waals surface area contributed by atoms with Gasteiger partial charge in [-0.1, -0.05) is 23.2 Å². The summed E-state index contributed by atoms with van der Waals surface area (Å²) in [6, 6.07) is 1.60. The third-order valence-corrected chi connectivity index (χ3v) is 2.63. The van der Waals surface area contributed by atoms with Gasteiger partial charge in [0.1, 0.15) is 11.6 Å². The zero-order valence-electron chi connectivity index (χ0n) is 11.5. The van der Waals surface area contributed by atoms with Crippen molar-refractivity contribution in [2.45, 2.75) is 0 Å². The van der Waals surface area contributed by atoms with Gasteiger partial charge in [-0.2, -0.15) is 0 Å². The molecule has 19 heavy (non-hydrogen) atoms. The maximum Gasteiger partial charge on any atom is 0.232 e. The van der Waals surface area contributed by atoms with Crippen LogP contribution in [0, 0.1) is 0 Å². The number of aliphatic imine (C=N–C) groups is 1. The quantitative estimate of drug-likeness (QED) is 0.486. The molecule has 106 valence electrons. The van der Waals surface area contributed by atoms with Gasteiger partial charge in [-0.25, -0.2) is 9.98 Å². The highest BCUT2D eigenvalue weighted by molar-refractivity contribution is 6.35. The van der Waals surface area contributed by atoms with E-state index in [0.29, 0.717) is 29.1 Å². The molecule has 1 aromatic heterocycles. The molecule has 1 rings (SSSR count). The lowest BCUT2D eigenvalue weighted by atomic mass is 10.5. The van der Waals surface area contributed by atoms with Crippen molar-refractivity contribution in [1.82, 2.24) is 14.8 Å². The molecular weight excluding hydrogens is 287 g/mol. The monoisotopic (exact) mass is 304 g/mol. The molecule has 7 heteroatoms. The first-order valence-electron chi connectivity index (χ1n) is 5.74. The number of guanidine groups is 1. The summed E-state index contributed by atoms with van der Waals surface area (Å²) in [4.78, 5) is 12.3. The van der Waals surface area contributed by atoms with Crippen molar-refractivity contribution in [3.8, 4) is 5.88 Å². The van der Waals surface area contributed by atoms with Crippen LogP contribution in [0.1, 0.15) is 0 Å². The Kier molecular flexibility index (Phi) is 6.18. The van der Waals surface area contributed by atoms with Gasteiger partial charge >= 0.3 is 0 Å². The molecule has 1 heterocycles. The van der Waals surface area contributed by atoms with Crippen LogP contribution < -0.4 is 4.74 Å². The van der Waals surface area contributed by atoms with Crippen LogP contribution in [0.5, 0.6) is 5.88 Å². The summed E-state index contributed by atoms with van der Waals surface area (Å²) in [6.07, 6.45) is 1.50. The van der Waals surface area contributed by atoms with Crippen molar-refractivity contribution in [1.29, 1.82) is 0 Å². The van der Waals surface area contributed by atoms with Crippen molar-refractivity contribution < 1.29 is 4.74 Å². The van der Waals surface area contributed by atoms with Crippen LogP contribution in [0.2, 0.25) is 10.0 Å². The summed E-state index contributed by atoms with van der Waals surface area (Å²) in [5.74, 6) is 1.25. The average molecular weight is 305 g/mol. The van der Waals surface area contributed by atoms with Gasteiger partial charge in [0, 0.05) is 34.4 Å². The van der Waals surface area contributed by atoms with E-state index in [1.807, 2.05) is 38.0 Å². The highest BCUT2D eigenvalue weighted by Gasteiger charge is 2.05. The molecule has 0 aliphatic carbocycles. The standard InChI is InChI=1S/C12H18Cl2N4O/c1-17(2)12(18(3)4)15-5-6-19-11-10(14)7-9(13)8-16-11/h7-8H,5-6H2,1-4H3. The SMILES string of the molecule is CN(C)C(=NCCOc1ncc(Cl)cc1Cl)N(C)C. The largest absolute Gasteiger partial charge is 0.475 e. The Morgan fingerprint density at radius 1 is 1.26 bits per heavy atom. The molecule has 0 aromatic carbocycles. The van der Waals surface area contributed by atoms with Crippen molar-refractivity contribution in [2.75, 3.05) is 41.3 Å². The maximum atomic E-state index is 5.95. The third-order valence-electron chi connectivity index (χ3n) is 2.16. The Bertz CT molecular complexity index is 439. The van der Waals surface area contributed by atoms with Crippen molar-refractivity contribution in [3.05, 3.63) is 22.3 Å². The van der Waals surface area contributed by atoms with E-state index >= 15 is 0 Å². The van der Waals surface area contributed by atoms with Crippen molar-refractivity contribution in [2.24, 2.45) is 4.99 Å². The molecule has 0 saturated carbocycles. The fourth-order valence-corrected chi connectivity index (χ4v) is 1.91. The van der Waals surface area contributed by atoms with E-state index in [0.717, 1.165) is 5.96 Å². The topological polar surface area (TPSA) is 41.0 Å². The molecule has 0 aliphatic heterocycles. The Morgan fingerprint density at radius 3 is 2.42 bits per heavy atom. The highest BCUT2D eigenvalue weighted by Crippen LogP contribution is 2.24. The number of halogens is 2. The van der Waals surface area contributed by atoms with Crippen LogP contribution in [0.15, 0.2) is 17.3 Å². The lowest BCUT2D eigenvalue weighted by molar-refractivity contribution is 0.314. The number of ether oxygens (including phenoxy) is 1. The van der Waals surface area contributed by atoms with Gasteiger partial charge in [-0.15, -0.1) is 0 Å². The number of hydrogen-bond acceptors (Lipinski definition) is 3. The summed E-state index contributed by atoms with van der Waals surface area (Å²) in [6.45, 7) is 0.922. The van der Waals surface area contributed by atoms with E-state index in [1.165, 1.54) is 6.20 Å². The summed E-state index contributed by atoms with van der Waals surface area (Å²) >= 11 is 11.7. The number of pyridine rings is 1. The smallest absolute Gasteiger partial charge is 0.232 e. The molecule has 0 bridgehead atoms. The number of hydrogen-bond donors (Lipinski definition) is 0. The van der Waals surface area contributed by atoms with E-state index in [-0.39, 0.29) is 0 Å². The van der Waals surface area contributed by atoms with Crippen LogP contribution in [0.25, 0.3) is 0 Å². The average Bonchev–Trinajstić information content (AvgIpc) is 2.30. The normalized spacial score (nSPS) is 10.0. The minimum Gasteiger partial charge on any atom is -0.475 e. The minimum atomic E-state index is 0.373. The molecule has 0 aliphatic rings. The van der Waals surface area contributed by atoms with Crippen LogP contribution in [-0.2, 0) is 0 Å². The zero-order valence-corrected chi connectivity index (χ0v) is 13.0. The molecule has 0 atom stereocenters. The lowest BCUT2D eigenvalue weighted by Gasteiger charge is -2.22. The molecule has 0 fully saturated rings. The van der Waals surface area contributed by atoms with Gasteiger partial charge < -0.3 is 14.5 Å². The maximum absolute atomic E-state index is 5.95. The van der Waals surface area contributed by atoms with E-state index in [4.69, 9.17) is 27.9 Å². The van der Waals surface area contributed by atoms with E-state index < -0.39 is 0 Å². The molecule has 5 nitrogen and oxygen atoms in total. The van der Waals surface area contributed by atoms with Gasteiger partial charge in [0.05, 0.1) is 11.6 Å². The second-order valence-corrected chi connectivity index (χ2v) is 5.10. The third kappa shape index (κ3) is 5.12. The Balaban J connectivity index is 2.52. The molecular formula is C12H18Cl2N4O. The first kappa shape index (κ1) is 15.9. The number of nitrogens with zero attached hydrogens (tertiary/aromatic N) is 4. The molecule has 1 aromatic rings. The van der Waals surface area contributed by atoms with E-state index in [1.54, 1.807) is 6.07 Å². The second-order valence-electron chi connectivity index (χ2n) is 4.26. The highest BCUT2D eigenvalue weighted by atomic mass is 35.5. The predicted octanol–water partition coefficient (Wildman–Crippen LogP) is 2.25. The zero-order chi connectivity index (χ0) is 14.4. The Labute approximate surface area is 123 Å². The van der Waals surface area contributed by atoms with Crippen molar-refractivity contribution in [3.63, 3.8) is 0 Å². The summed E-state index contributed by atoms with van der Waals surface area (Å²) < 4.78 is 5.46. The second kappa shape index (κ2) is 7.40. The van der Waals surface area contributed by atoms with Crippen LogP contribution in [-0.4, -0.2) is 62.1 Å². The Hall–Kier alpha value is -1.20. The minimum absolute atomic E-state index is 0.373. The van der Waals surface area contributed by atoms with Gasteiger partial charge in [-0.05, 0) is 6.07 Å². The first-order chi connectivity index (χ1) is 8.91. The number of rotatable bonds is 4. The molecule has 0 radical (unpaired) electrons. The lowest BCUT2D eigenvalue weighted by Crippen LogP contribution is -2.35. The summed E-state index contributed by atoms with van der Waals surface area (Å²) in [5, 5.41) is 0.884.